The van der Waals surface area contributed by atoms with E-state index in [0.717, 1.165) is 5.56 Å². The van der Waals surface area contributed by atoms with Gasteiger partial charge >= 0.3 is 0 Å². The van der Waals surface area contributed by atoms with Crippen LogP contribution in [-0.2, 0) is 11.3 Å². The topological polar surface area (TPSA) is 83.6 Å². The van der Waals surface area contributed by atoms with Gasteiger partial charge in [-0.2, -0.15) is 5.21 Å². The van der Waals surface area contributed by atoms with Crippen LogP contribution in [0.2, 0.25) is 0 Å². The van der Waals surface area contributed by atoms with Crippen LogP contribution in [-0.4, -0.2) is 26.5 Å². The van der Waals surface area contributed by atoms with Gasteiger partial charge in [-0.1, -0.05) is 29.3 Å². The number of aromatic nitrogens is 4. The molecule has 6 heteroatoms. The van der Waals surface area contributed by atoms with E-state index in [0.29, 0.717) is 5.82 Å². The molecule has 0 aliphatic heterocycles. The second kappa shape index (κ2) is 5.42. The van der Waals surface area contributed by atoms with Crippen LogP contribution in [0.4, 0.5) is 0 Å². The Kier molecular flexibility index (Phi) is 3.45. The zero-order chi connectivity index (χ0) is 11.9. The first kappa shape index (κ1) is 10.8. The van der Waals surface area contributed by atoms with Crippen molar-refractivity contribution in [3.05, 3.63) is 41.7 Å². The van der Waals surface area contributed by atoms with Gasteiger partial charge in [-0.3, -0.25) is 4.79 Å². The lowest BCUT2D eigenvalue weighted by Gasteiger charge is -1.93. The Hall–Kier alpha value is -2.68. The lowest BCUT2D eigenvalue weighted by atomic mass is 10.2. The Morgan fingerprint density at radius 3 is 2.88 bits per heavy atom. The van der Waals surface area contributed by atoms with Crippen molar-refractivity contribution in [3.8, 4) is 11.8 Å². The lowest BCUT2D eigenvalue weighted by Crippen LogP contribution is -2.21. The minimum absolute atomic E-state index is 0.207. The van der Waals surface area contributed by atoms with Crippen molar-refractivity contribution in [1.29, 1.82) is 0 Å². The van der Waals surface area contributed by atoms with Crippen LogP contribution >= 0.6 is 0 Å². The number of benzene rings is 1. The van der Waals surface area contributed by atoms with E-state index < -0.39 is 0 Å². The zero-order valence-electron chi connectivity index (χ0n) is 8.84. The molecule has 1 amide bonds. The number of hydrogen-bond acceptors (Lipinski definition) is 4. The van der Waals surface area contributed by atoms with Crippen molar-refractivity contribution in [3.63, 3.8) is 0 Å². The van der Waals surface area contributed by atoms with Crippen LogP contribution in [0, 0.1) is 11.8 Å². The number of H-pyrrole nitrogens is 1. The normalized spacial score (nSPS) is 9.18. The number of nitrogens with zero attached hydrogens (tertiary/aromatic N) is 3. The molecule has 0 atom stereocenters. The molecular weight excluding hydrogens is 218 g/mol. The van der Waals surface area contributed by atoms with Crippen LogP contribution in [0.15, 0.2) is 30.3 Å². The smallest absolute Gasteiger partial charge is 0.296 e. The zero-order valence-corrected chi connectivity index (χ0v) is 8.84. The SMILES string of the molecule is O=C(C#Cc1ccccc1)NCc1nn[nH]n1. The van der Waals surface area contributed by atoms with E-state index >= 15 is 0 Å². The molecule has 2 aromatic rings. The van der Waals surface area contributed by atoms with E-state index in [1.54, 1.807) is 0 Å². The van der Waals surface area contributed by atoms with Crippen molar-refractivity contribution < 1.29 is 4.79 Å². The van der Waals surface area contributed by atoms with E-state index in [9.17, 15) is 4.79 Å². The van der Waals surface area contributed by atoms with E-state index in [-0.39, 0.29) is 12.5 Å². The Bertz CT molecular complexity index is 538. The third-order valence-corrected chi connectivity index (χ3v) is 1.89. The third kappa shape index (κ3) is 3.43. The van der Waals surface area contributed by atoms with Gasteiger partial charge in [0, 0.05) is 11.5 Å². The number of nitrogens with one attached hydrogen (secondary N) is 2. The van der Waals surface area contributed by atoms with E-state index in [4.69, 9.17) is 0 Å². The average Bonchev–Trinajstić information content (AvgIpc) is 2.88. The predicted molar refractivity (Wildman–Crippen MR) is 59.3 cm³/mol. The molecule has 0 aliphatic carbocycles. The first-order valence-electron chi connectivity index (χ1n) is 4.92. The summed E-state index contributed by atoms with van der Waals surface area (Å²) < 4.78 is 0. The molecule has 0 bridgehead atoms. The van der Waals surface area contributed by atoms with E-state index in [2.05, 4.69) is 37.8 Å². The predicted octanol–water partition coefficient (Wildman–Crippen LogP) is -0.132. The molecule has 6 nitrogen and oxygen atoms in total. The largest absolute Gasteiger partial charge is 0.338 e. The molecule has 0 saturated heterocycles. The van der Waals surface area contributed by atoms with Gasteiger partial charge in [-0.25, -0.2) is 0 Å². The summed E-state index contributed by atoms with van der Waals surface area (Å²) in [4.78, 5) is 11.3. The van der Waals surface area contributed by atoms with Crippen molar-refractivity contribution in [2.75, 3.05) is 0 Å². The Morgan fingerprint density at radius 1 is 1.35 bits per heavy atom. The molecule has 0 aliphatic rings. The molecule has 0 unspecified atom stereocenters. The molecule has 1 aromatic heterocycles. The van der Waals surface area contributed by atoms with Crippen LogP contribution < -0.4 is 5.32 Å². The molecule has 0 spiro atoms. The van der Waals surface area contributed by atoms with Gasteiger partial charge in [0.2, 0.25) is 0 Å². The monoisotopic (exact) mass is 227 g/mol. The summed E-state index contributed by atoms with van der Waals surface area (Å²) in [5.74, 6) is 5.26. The fraction of sp³-hybridized carbons (Fsp3) is 0.0909. The Balaban J connectivity index is 1.88. The van der Waals surface area contributed by atoms with Crippen LogP contribution in [0.25, 0.3) is 0 Å². The third-order valence-electron chi connectivity index (χ3n) is 1.89. The standard InChI is InChI=1S/C11H9N5O/c17-11(12-8-10-13-15-16-14-10)7-6-9-4-2-1-3-5-9/h1-5H,8H2,(H,12,17)(H,13,14,15,16). The maximum Gasteiger partial charge on any atom is 0.296 e. The van der Waals surface area contributed by atoms with Gasteiger partial charge in [0.15, 0.2) is 5.82 Å². The molecule has 1 heterocycles. The lowest BCUT2D eigenvalue weighted by molar-refractivity contribution is -0.115. The maximum atomic E-state index is 11.3. The molecule has 2 rings (SSSR count). The molecule has 0 fully saturated rings. The highest BCUT2D eigenvalue weighted by molar-refractivity contribution is 5.93. The van der Waals surface area contributed by atoms with Crippen LogP contribution in [0.3, 0.4) is 0 Å². The Morgan fingerprint density at radius 2 is 2.18 bits per heavy atom. The van der Waals surface area contributed by atoms with Crippen molar-refractivity contribution >= 4 is 5.91 Å². The summed E-state index contributed by atoms with van der Waals surface area (Å²) in [7, 11) is 0. The fourth-order valence-electron chi connectivity index (χ4n) is 1.11. The fourth-order valence-corrected chi connectivity index (χ4v) is 1.11. The van der Waals surface area contributed by atoms with Gasteiger partial charge in [0.25, 0.3) is 5.91 Å². The van der Waals surface area contributed by atoms with Gasteiger partial charge in [0.1, 0.15) is 0 Å². The van der Waals surface area contributed by atoms with Gasteiger partial charge in [-0.05, 0) is 12.1 Å². The van der Waals surface area contributed by atoms with E-state index in [1.807, 2.05) is 30.3 Å². The molecule has 1 aromatic carbocycles. The number of amides is 1. The number of aromatic amines is 1. The molecule has 84 valence electrons. The van der Waals surface area contributed by atoms with Gasteiger partial charge in [-0.15, -0.1) is 10.2 Å². The number of carbonyl (C=O) groups excluding carboxylic acids is 1. The number of hydrogen-bond donors (Lipinski definition) is 2. The van der Waals surface area contributed by atoms with Gasteiger partial charge < -0.3 is 5.32 Å². The summed E-state index contributed by atoms with van der Waals surface area (Å²) in [6.07, 6.45) is 0. The number of carbonyl (C=O) groups is 1. The quantitative estimate of drug-likeness (QED) is 0.700. The van der Waals surface area contributed by atoms with Crippen molar-refractivity contribution in [2.24, 2.45) is 0 Å². The molecule has 0 saturated carbocycles. The van der Waals surface area contributed by atoms with Crippen LogP contribution in [0.5, 0.6) is 0 Å². The average molecular weight is 227 g/mol. The second-order valence-corrected chi connectivity index (χ2v) is 3.13. The van der Waals surface area contributed by atoms with Crippen molar-refractivity contribution in [2.45, 2.75) is 6.54 Å². The first-order chi connectivity index (χ1) is 8.34. The number of rotatable bonds is 2. The summed E-state index contributed by atoms with van der Waals surface area (Å²) in [6.45, 7) is 0.207. The minimum Gasteiger partial charge on any atom is -0.338 e. The number of tetrazole rings is 1. The highest BCUT2D eigenvalue weighted by Crippen LogP contribution is 1.94. The maximum absolute atomic E-state index is 11.3. The first-order valence-corrected chi connectivity index (χ1v) is 4.92. The summed E-state index contributed by atoms with van der Waals surface area (Å²) in [5, 5.41) is 15.6. The summed E-state index contributed by atoms with van der Waals surface area (Å²) in [5.41, 5.74) is 0.794. The molecule has 17 heavy (non-hydrogen) atoms. The highest BCUT2D eigenvalue weighted by atomic mass is 16.1. The summed E-state index contributed by atoms with van der Waals surface area (Å²) >= 11 is 0. The second-order valence-electron chi connectivity index (χ2n) is 3.13. The molecule has 0 radical (unpaired) electrons. The Labute approximate surface area is 97.4 Å². The van der Waals surface area contributed by atoms with Gasteiger partial charge in [0.05, 0.1) is 6.54 Å². The summed E-state index contributed by atoms with van der Waals surface area (Å²) in [6, 6.07) is 9.28. The highest BCUT2D eigenvalue weighted by Gasteiger charge is 1.99. The van der Waals surface area contributed by atoms with Crippen LogP contribution in [0.1, 0.15) is 11.4 Å². The van der Waals surface area contributed by atoms with E-state index in [1.165, 1.54) is 0 Å². The minimum atomic E-state index is -0.376. The molecular formula is C11H9N5O. The van der Waals surface area contributed by atoms with Crippen molar-refractivity contribution in [1.82, 2.24) is 25.9 Å². The molecule has 2 N–H and O–H groups in total.